The number of carboxylic acid groups (broad SMARTS) is 1. The number of nitrogens with one attached hydrogen (secondary N) is 6. The molecule has 1 aliphatic heterocycles. The van der Waals surface area contributed by atoms with E-state index >= 15 is 0 Å². The highest BCUT2D eigenvalue weighted by molar-refractivity contribution is 8.76. The predicted molar refractivity (Wildman–Crippen MR) is 272 cm³/mol. The second-order valence-corrected chi connectivity index (χ2v) is 20.7. The maximum Gasteiger partial charge on any atom is 0.307 e. The van der Waals surface area contributed by atoms with Gasteiger partial charge in [-0.25, -0.2) is 0 Å². The molecule has 8 atom stereocenters. The second kappa shape index (κ2) is 28.8. The minimum atomic E-state index is -1.35. The molecule has 0 aromatic heterocycles. The minimum Gasteiger partial charge on any atom is -0.508 e. The van der Waals surface area contributed by atoms with Gasteiger partial charge >= 0.3 is 5.97 Å². The Hall–Kier alpha value is -5.76. The van der Waals surface area contributed by atoms with E-state index in [1.54, 1.807) is 64.2 Å². The van der Waals surface area contributed by atoms with Gasteiger partial charge in [-0.3, -0.25) is 38.4 Å². The largest absolute Gasteiger partial charge is 0.508 e. The number of amides is 5. The van der Waals surface area contributed by atoms with E-state index in [1.165, 1.54) is 12.1 Å². The normalized spacial score (nSPS) is 22.1. The van der Waals surface area contributed by atoms with Crippen molar-refractivity contribution in [2.45, 2.75) is 115 Å². The molecule has 0 saturated carbocycles. The summed E-state index contributed by atoms with van der Waals surface area (Å²) in [6.07, 6.45) is 0.264. The van der Waals surface area contributed by atoms with Crippen molar-refractivity contribution in [2.75, 3.05) is 25.1 Å². The summed E-state index contributed by atoms with van der Waals surface area (Å²) in [5.74, 6) is -8.13. The van der Waals surface area contributed by atoms with Gasteiger partial charge in [-0.05, 0) is 81.4 Å². The number of phenolic OH excluding ortho intramolecular Hbond substituents is 1. The van der Waals surface area contributed by atoms with E-state index in [1.807, 2.05) is 37.3 Å². The summed E-state index contributed by atoms with van der Waals surface area (Å²) in [5, 5.41) is 37.1. The fraction of sp³-hybridized carbons (Fsp3) is 0.490. The van der Waals surface area contributed by atoms with Crippen LogP contribution in [0.15, 0.2) is 78.9 Å². The fourth-order valence-corrected chi connectivity index (χ4v) is 10.2. The summed E-state index contributed by atoms with van der Waals surface area (Å²) in [7, 11) is 3.91. The average molecular weight is 1000 g/mol. The number of aryl methyl sites for hydroxylation is 1. The van der Waals surface area contributed by atoms with E-state index in [0.717, 1.165) is 27.2 Å². The molecule has 10 N–H and O–H groups in total. The van der Waals surface area contributed by atoms with Gasteiger partial charge in [-0.1, -0.05) is 108 Å². The van der Waals surface area contributed by atoms with Gasteiger partial charge in [0, 0.05) is 43.6 Å². The molecule has 4 rings (SSSR count). The van der Waals surface area contributed by atoms with Gasteiger partial charge in [0.15, 0.2) is 5.78 Å². The van der Waals surface area contributed by atoms with E-state index in [2.05, 4.69) is 31.9 Å². The van der Waals surface area contributed by atoms with E-state index in [-0.39, 0.29) is 55.1 Å². The van der Waals surface area contributed by atoms with Crippen molar-refractivity contribution < 1.29 is 48.6 Å². The van der Waals surface area contributed by atoms with E-state index < -0.39 is 102 Å². The molecule has 0 unspecified atom stereocenters. The molecule has 380 valence electrons. The average Bonchev–Trinajstić information content (AvgIpc) is 3.33. The standard InChI is InChI=1S/C51H69N7O10S2/c1-30(2)38(51(67)68)27-45(61)43-29-70-69-28-36(26-44(60)32(4)53-5)46(62)55-40(23-33-11-7-6-8-12-33)49(65)57-41(24-34-16-14-31(3)15-17-34)48(64)54-39(13-9-10-22-52)47(63)56-42(50(66)58-43)25-35-18-20-37(59)21-19-35/h6-8,11-12,14-21,30,32,36,38-43,53,59H,9-10,13,22-29,52H2,1-5H3,(H,54,64)(H,55,62)(H,56,63)(H,57,65)(H,58,66)(H,67,68)/t32-,36-,38-,39-,40-,41-,42-,43-/m0/s1. The SMILES string of the molecule is CN[C@@H](C)C(=O)C[C@H]1CSSC[C@@H](C(=O)C[C@H](C(=O)O)C(C)C)NC(=O)[C@H](Cc2ccc(O)cc2)NC(=O)[C@H](CCCCN)NC(=O)[C@H](Cc2ccc(C)cc2)NC(=O)[C@H](Cc2ccccc2)NC1=O. The Morgan fingerprint density at radius 1 is 0.671 bits per heavy atom. The highest BCUT2D eigenvalue weighted by Gasteiger charge is 2.36. The smallest absolute Gasteiger partial charge is 0.307 e. The third-order valence-electron chi connectivity index (χ3n) is 12.3. The lowest BCUT2D eigenvalue weighted by Gasteiger charge is -2.28. The topological polar surface area (TPSA) is 275 Å². The molecule has 3 aromatic carbocycles. The molecule has 0 bridgehead atoms. The Morgan fingerprint density at radius 3 is 1.69 bits per heavy atom. The number of carbonyl (C=O) groups excluding carboxylic acids is 7. The number of aliphatic carboxylic acids is 1. The van der Waals surface area contributed by atoms with Gasteiger partial charge < -0.3 is 47.8 Å². The molecule has 0 aliphatic carbocycles. The Kier molecular flexibility index (Phi) is 23.4. The van der Waals surface area contributed by atoms with Crippen LogP contribution in [0, 0.1) is 24.7 Å². The Balaban J connectivity index is 1.85. The number of carboxylic acids is 1. The molecular formula is C51H69N7O10S2. The van der Waals surface area contributed by atoms with Gasteiger partial charge in [0.25, 0.3) is 0 Å². The van der Waals surface area contributed by atoms with Gasteiger partial charge in [-0.2, -0.15) is 0 Å². The third-order valence-corrected chi connectivity index (χ3v) is 14.8. The van der Waals surface area contributed by atoms with Crippen molar-refractivity contribution in [3.8, 4) is 5.75 Å². The van der Waals surface area contributed by atoms with Crippen molar-refractivity contribution >= 4 is 68.7 Å². The predicted octanol–water partition coefficient (Wildman–Crippen LogP) is 3.18. The number of likely N-dealkylation sites (N-methyl/N-ethyl adjacent to an activating group) is 1. The van der Waals surface area contributed by atoms with Crippen molar-refractivity contribution in [2.24, 2.45) is 23.5 Å². The fourth-order valence-electron chi connectivity index (χ4n) is 7.68. The number of rotatable bonds is 19. The highest BCUT2D eigenvalue weighted by atomic mass is 33.1. The molecule has 1 saturated heterocycles. The summed E-state index contributed by atoms with van der Waals surface area (Å²) in [4.78, 5) is 112. The van der Waals surface area contributed by atoms with Crippen molar-refractivity contribution in [1.29, 1.82) is 0 Å². The van der Waals surface area contributed by atoms with Gasteiger partial charge in [0.2, 0.25) is 29.5 Å². The van der Waals surface area contributed by atoms with Crippen molar-refractivity contribution in [3.05, 3.63) is 101 Å². The third kappa shape index (κ3) is 18.5. The van der Waals surface area contributed by atoms with Crippen molar-refractivity contribution in [3.63, 3.8) is 0 Å². The zero-order chi connectivity index (χ0) is 51.3. The van der Waals surface area contributed by atoms with Crippen LogP contribution in [0.3, 0.4) is 0 Å². The Bertz CT molecular complexity index is 2230. The number of Topliss-reactive ketones (excluding diaryl/α,β-unsaturated/α-hetero) is 2. The summed E-state index contributed by atoms with van der Waals surface area (Å²) in [6.45, 7) is 7.22. The lowest BCUT2D eigenvalue weighted by Crippen LogP contribution is -2.60. The molecular weight excluding hydrogens is 935 g/mol. The number of hydrogen-bond donors (Lipinski definition) is 9. The quantitative estimate of drug-likeness (QED) is 0.0617. The molecule has 5 amide bonds. The second-order valence-electron chi connectivity index (χ2n) is 18.1. The van der Waals surface area contributed by atoms with Gasteiger partial charge in [0.05, 0.1) is 23.9 Å². The molecule has 1 aliphatic rings. The van der Waals surface area contributed by atoms with Crippen LogP contribution in [0.25, 0.3) is 0 Å². The lowest BCUT2D eigenvalue weighted by atomic mass is 9.89. The van der Waals surface area contributed by atoms with Crippen LogP contribution in [0.4, 0.5) is 0 Å². The molecule has 1 heterocycles. The summed E-state index contributed by atoms with van der Waals surface area (Å²) < 4.78 is 0. The minimum absolute atomic E-state index is 0.00522. The first-order valence-electron chi connectivity index (χ1n) is 23.7. The Labute approximate surface area is 418 Å². The van der Waals surface area contributed by atoms with Crippen LogP contribution < -0.4 is 37.6 Å². The first kappa shape index (κ1) is 56.8. The van der Waals surface area contributed by atoms with Crippen LogP contribution in [0.1, 0.15) is 75.1 Å². The zero-order valence-corrected chi connectivity index (χ0v) is 42.2. The highest BCUT2D eigenvalue weighted by Crippen LogP contribution is 2.28. The number of nitrogens with two attached hydrogens (primary N) is 1. The first-order chi connectivity index (χ1) is 33.4. The molecule has 0 radical (unpaired) electrons. The number of unbranched alkanes of at least 4 members (excludes halogenated alkanes) is 1. The van der Waals surface area contributed by atoms with E-state index in [9.17, 15) is 48.6 Å². The first-order valence-corrected chi connectivity index (χ1v) is 26.2. The molecule has 1 fully saturated rings. The Morgan fingerprint density at radius 2 is 1.16 bits per heavy atom. The van der Waals surface area contributed by atoms with E-state index in [0.29, 0.717) is 36.1 Å². The molecule has 19 heteroatoms. The molecule has 0 spiro atoms. The number of hydrogen-bond acceptors (Lipinski definition) is 13. The molecule has 3 aromatic rings. The van der Waals surface area contributed by atoms with Crippen LogP contribution in [-0.2, 0) is 57.6 Å². The zero-order valence-electron chi connectivity index (χ0n) is 40.5. The number of aromatic hydroxyl groups is 1. The van der Waals surface area contributed by atoms with Crippen LogP contribution in [-0.4, -0.2) is 119 Å². The van der Waals surface area contributed by atoms with Crippen LogP contribution in [0.2, 0.25) is 0 Å². The number of ketones is 2. The maximum atomic E-state index is 14.6. The maximum absolute atomic E-state index is 14.6. The summed E-state index contributed by atoms with van der Waals surface area (Å²) in [5.41, 5.74) is 8.73. The monoisotopic (exact) mass is 1000 g/mol. The number of carbonyl (C=O) groups is 8. The molecule has 70 heavy (non-hydrogen) atoms. The summed E-state index contributed by atoms with van der Waals surface area (Å²) >= 11 is 0. The van der Waals surface area contributed by atoms with Crippen LogP contribution in [0.5, 0.6) is 5.75 Å². The van der Waals surface area contributed by atoms with Gasteiger partial charge in [-0.15, -0.1) is 0 Å². The van der Waals surface area contributed by atoms with Crippen LogP contribution >= 0.6 is 21.6 Å². The van der Waals surface area contributed by atoms with Gasteiger partial charge in [0.1, 0.15) is 35.7 Å². The molecule has 17 nitrogen and oxygen atoms in total. The van der Waals surface area contributed by atoms with E-state index in [4.69, 9.17) is 5.73 Å². The van der Waals surface area contributed by atoms with Crippen molar-refractivity contribution in [1.82, 2.24) is 31.9 Å². The number of phenols is 1. The number of benzene rings is 3. The lowest BCUT2D eigenvalue weighted by molar-refractivity contribution is -0.145. The summed E-state index contributed by atoms with van der Waals surface area (Å²) in [6, 6.07) is 15.4.